The maximum absolute atomic E-state index is 12.3. The molecule has 0 fully saturated rings. The molecule has 0 unspecified atom stereocenters. The zero-order chi connectivity index (χ0) is 15.3. The second kappa shape index (κ2) is 4.63. The summed E-state index contributed by atoms with van der Waals surface area (Å²) >= 11 is 0. The van der Waals surface area contributed by atoms with Gasteiger partial charge < -0.3 is 19.7 Å². The monoisotopic (exact) mass is 288 g/mol. The second-order valence-electron chi connectivity index (χ2n) is 5.15. The van der Waals surface area contributed by atoms with Gasteiger partial charge in [0.2, 0.25) is 0 Å². The van der Waals surface area contributed by atoms with Gasteiger partial charge in [-0.2, -0.15) is 0 Å². The highest BCUT2D eigenvalue weighted by atomic mass is 16.5. The zero-order valence-corrected chi connectivity index (χ0v) is 12.0. The maximum Gasteiger partial charge on any atom is 0.195 e. The van der Waals surface area contributed by atoms with Crippen molar-refractivity contribution in [2.24, 2.45) is 0 Å². The van der Waals surface area contributed by atoms with E-state index in [0.29, 0.717) is 22.1 Å². The Labute approximate surface area is 121 Å². The molecule has 0 saturated carbocycles. The Morgan fingerprint density at radius 1 is 1.14 bits per heavy atom. The molecular formula is C16H16O5. The first kappa shape index (κ1) is 13.7. The number of aromatic hydroxyl groups is 2. The quantitative estimate of drug-likeness (QED) is 0.789. The summed E-state index contributed by atoms with van der Waals surface area (Å²) in [5.41, 5.74) is 0.451. The van der Waals surface area contributed by atoms with Crippen LogP contribution in [0.3, 0.4) is 0 Å². The normalized spacial score (nSPS) is 21.4. The molecule has 1 aliphatic heterocycles. The first-order chi connectivity index (χ1) is 9.97. The number of methoxy groups -OCH3 is 1. The lowest BCUT2D eigenvalue weighted by Crippen LogP contribution is -2.29. The Kier molecular flexibility index (Phi) is 3.02. The number of fused-ring (bicyclic) bond motifs is 2. The Bertz CT molecular complexity index is 750. The highest BCUT2D eigenvalue weighted by Gasteiger charge is 2.36. The maximum atomic E-state index is 12.3. The van der Waals surface area contributed by atoms with Crippen molar-refractivity contribution in [3.63, 3.8) is 0 Å². The molecule has 1 heterocycles. The number of ketones is 1. The van der Waals surface area contributed by atoms with Crippen LogP contribution in [0.15, 0.2) is 18.2 Å². The van der Waals surface area contributed by atoms with Gasteiger partial charge in [-0.1, -0.05) is 12.1 Å². The van der Waals surface area contributed by atoms with Crippen LogP contribution in [0.4, 0.5) is 0 Å². The number of phenolic OH excluding ortho intramolecular Hbond substituents is 2. The highest BCUT2D eigenvalue weighted by molar-refractivity contribution is 6.12. The van der Waals surface area contributed by atoms with Crippen LogP contribution in [0.5, 0.6) is 17.2 Å². The SMILES string of the molecule is COc1cccc2c(O)c3c(c(O)c12)[C@@H](C)O[C@@H](C)C3=O. The van der Waals surface area contributed by atoms with Gasteiger partial charge in [0.05, 0.1) is 24.2 Å². The number of rotatable bonds is 1. The van der Waals surface area contributed by atoms with Crippen LogP contribution in [0, 0.1) is 0 Å². The molecule has 21 heavy (non-hydrogen) atoms. The van der Waals surface area contributed by atoms with Crippen LogP contribution in [0.25, 0.3) is 10.8 Å². The number of phenols is 2. The standard InChI is InChI=1S/C16H16O5/c1-7-11-13(14(17)8(2)21-7)15(18)9-5-4-6-10(20-3)12(9)16(11)19/h4-8,18-19H,1-3H3/t7-,8+/m1/s1. The number of carbonyl (C=O) groups excluding carboxylic acids is 1. The fourth-order valence-corrected chi connectivity index (χ4v) is 2.94. The number of benzene rings is 2. The number of Topliss-reactive ketones (excluding diaryl/α,β-unsaturated/α-hetero) is 1. The van der Waals surface area contributed by atoms with Gasteiger partial charge in [-0.15, -0.1) is 0 Å². The third-order valence-electron chi connectivity index (χ3n) is 3.93. The molecule has 2 aromatic carbocycles. The van der Waals surface area contributed by atoms with Crippen molar-refractivity contribution in [1.82, 2.24) is 0 Å². The fraction of sp³-hybridized carbons (Fsp3) is 0.312. The molecule has 3 rings (SSSR count). The predicted molar refractivity (Wildman–Crippen MR) is 77.1 cm³/mol. The minimum atomic E-state index is -0.652. The van der Waals surface area contributed by atoms with Crippen molar-refractivity contribution in [3.05, 3.63) is 29.3 Å². The van der Waals surface area contributed by atoms with E-state index in [4.69, 9.17) is 9.47 Å². The predicted octanol–water partition coefficient (Wildman–Crippen LogP) is 2.92. The number of hydrogen-bond donors (Lipinski definition) is 2. The Balaban J connectivity index is 2.49. The number of hydrogen-bond acceptors (Lipinski definition) is 5. The summed E-state index contributed by atoms with van der Waals surface area (Å²) in [4.78, 5) is 12.3. The van der Waals surface area contributed by atoms with Gasteiger partial charge in [0.25, 0.3) is 0 Å². The van der Waals surface area contributed by atoms with Crippen LogP contribution in [0.2, 0.25) is 0 Å². The van der Waals surface area contributed by atoms with Crippen molar-refractivity contribution < 1.29 is 24.5 Å². The number of ether oxygens (including phenoxy) is 2. The van der Waals surface area contributed by atoms with E-state index in [0.717, 1.165) is 0 Å². The molecule has 0 aliphatic carbocycles. The van der Waals surface area contributed by atoms with Crippen molar-refractivity contribution >= 4 is 16.6 Å². The van der Waals surface area contributed by atoms with Gasteiger partial charge in [-0.25, -0.2) is 0 Å². The summed E-state index contributed by atoms with van der Waals surface area (Å²) in [7, 11) is 1.48. The lowest BCUT2D eigenvalue weighted by atomic mass is 9.88. The Hall–Kier alpha value is -2.27. The van der Waals surface area contributed by atoms with Crippen molar-refractivity contribution in [2.45, 2.75) is 26.1 Å². The Morgan fingerprint density at radius 2 is 1.86 bits per heavy atom. The summed E-state index contributed by atoms with van der Waals surface area (Å²) in [5.74, 6) is -0.117. The molecule has 5 nitrogen and oxygen atoms in total. The van der Waals surface area contributed by atoms with E-state index in [1.807, 2.05) is 0 Å². The van der Waals surface area contributed by atoms with Crippen LogP contribution in [0.1, 0.15) is 35.9 Å². The van der Waals surface area contributed by atoms with Crippen LogP contribution < -0.4 is 4.74 Å². The van der Waals surface area contributed by atoms with Crippen molar-refractivity contribution in [1.29, 1.82) is 0 Å². The minimum absolute atomic E-state index is 0.0806. The first-order valence-corrected chi connectivity index (χ1v) is 6.71. The molecular weight excluding hydrogens is 272 g/mol. The van der Waals surface area contributed by atoms with Gasteiger partial charge in [0.1, 0.15) is 23.4 Å². The first-order valence-electron chi connectivity index (χ1n) is 6.71. The smallest absolute Gasteiger partial charge is 0.195 e. The molecule has 1 aliphatic rings. The van der Waals surface area contributed by atoms with Crippen LogP contribution >= 0.6 is 0 Å². The minimum Gasteiger partial charge on any atom is -0.507 e. The average Bonchev–Trinajstić information content (AvgIpc) is 2.47. The molecule has 0 radical (unpaired) electrons. The Morgan fingerprint density at radius 3 is 2.52 bits per heavy atom. The molecule has 0 bridgehead atoms. The van der Waals surface area contributed by atoms with Gasteiger partial charge in [0, 0.05) is 10.9 Å². The molecule has 2 atom stereocenters. The van der Waals surface area contributed by atoms with E-state index in [9.17, 15) is 15.0 Å². The third-order valence-corrected chi connectivity index (χ3v) is 3.93. The molecule has 110 valence electrons. The molecule has 0 aromatic heterocycles. The lowest BCUT2D eigenvalue weighted by Gasteiger charge is -2.29. The zero-order valence-electron chi connectivity index (χ0n) is 12.0. The van der Waals surface area contributed by atoms with Crippen molar-refractivity contribution in [2.75, 3.05) is 7.11 Å². The van der Waals surface area contributed by atoms with E-state index in [1.165, 1.54) is 7.11 Å². The summed E-state index contributed by atoms with van der Waals surface area (Å²) in [6.45, 7) is 3.37. The summed E-state index contributed by atoms with van der Waals surface area (Å²) in [5, 5.41) is 21.9. The van der Waals surface area contributed by atoms with E-state index >= 15 is 0 Å². The molecule has 2 N–H and O–H groups in total. The molecule has 0 amide bonds. The van der Waals surface area contributed by atoms with E-state index in [-0.39, 0.29) is 22.8 Å². The van der Waals surface area contributed by atoms with Crippen LogP contribution in [-0.4, -0.2) is 29.2 Å². The third kappa shape index (κ3) is 1.77. The van der Waals surface area contributed by atoms with Gasteiger partial charge in [-0.05, 0) is 19.9 Å². The number of carbonyl (C=O) groups is 1. The summed E-state index contributed by atoms with van der Waals surface area (Å²) < 4.78 is 10.8. The fourth-order valence-electron chi connectivity index (χ4n) is 2.94. The lowest BCUT2D eigenvalue weighted by molar-refractivity contribution is 0.00187. The molecule has 2 aromatic rings. The summed E-state index contributed by atoms with van der Waals surface area (Å²) in [6, 6.07) is 5.03. The molecule has 0 spiro atoms. The van der Waals surface area contributed by atoms with Gasteiger partial charge >= 0.3 is 0 Å². The average molecular weight is 288 g/mol. The second-order valence-corrected chi connectivity index (χ2v) is 5.15. The summed E-state index contributed by atoms with van der Waals surface area (Å²) in [6.07, 6.45) is -1.14. The van der Waals surface area contributed by atoms with E-state index < -0.39 is 12.2 Å². The van der Waals surface area contributed by atoms with Crippen molar-refractivity contribution in [3.8, 4) is 17.2 Å². The molecule has 5 heteroatoms. The topological polar surface area (TPSA) is 76.0 Å². The van der Waals surface area contributed by atoms with E-state index in [2.05, 4.69) is 0 Å². The van der Waals surface area contributed by atoms with Crippen LogP contribution in [-0.2, 0) is 4.74 Å². The molecule has 0 saturated heterocycles. The van der Waals surface area contributed by atoms with E-state index in [1.54, 1.807) is 32.0 Å². The largest absolute Gasteiger partial charge is 0.507 e. The van der Waals surface area contributed by atoms with Gasteiger partial charge in [-0.3, -0.25) is 4.79 Å². The highest BCUT2D eigenvalue weighted by Crippen LogP contribution is 2.48. The van der Waals surface area contributed by atoms with Gasteiger partial charge in [0.15, 0.2) is 5.78 Å².